The molecule has 0 saturated carbocycles. The molecule has 0 radical (unpaired) electrons. The lowest BCUT2D eigenvalue weighted by Crippen LogP contribution is -2.28. The quantitative estimate of drug-likeness (QED) is 0.352. The molecule has 2 heterocycles. The van der Waals surface area contributed by atoms with Gasteiger partial charge in [-0.3, -0.25) is 4.98 Å². The van der Waals surface area contributed by atoms with Gasteiger partial charge in [-0.25, -0.2) is 9.36 Å². The van der Waals surface area contributed by atoms with Crippen molar-refractivity contribution in [2.75, 3.05) is 14.2 Å². The summed E-state index contributed by atoms with van der Waals surface area (Å²) >= 11 is 0. The number of carbonyl (C=O) groups excluding carboxylic acids is 1. The summed E-state index contributed by atoms with van der Waals surface area (Å²) in [6.45, 7) is 5.44. The van der Waals surface area contributed by atoms with Crippen LogP contribution in [0.15, 0.2) is 23.4 Å². The van der Waals surface area contributed by atoms with Gasteiger partial charge in [0.15, 0.2) is 6.29 Å². The summed E-state index contributed by atoms with van der Waals surface area (Å²) in [5.74, 6) is 0. The van der Waals surface area contributed by atoms with Crippen molar-refractivity contribution in [3.63, 3.8) is 0 Å². The van der Waals surface area contributed by atoms with Crippen LogP contribution < -0.4 is 0 Å². The number of ether oxygens (including phenoxy) is 3. The van der Waals surface area contributed by atoms with E-state index in [-0.39, 0.29) is 6.54 Å². The maximum Gasteiger partial charge on any atom is 0.419 e. The Morgan fingerprint density at radius 3 is 2.60 bits per heavy atom. The average molecular weight is 347 g/mol. The molecule has 0 aromatic carbocycles. The third-order valence-electron chi connectivity index (χ3n) is 3.31. The Morgan fingerprint density at radius 1 is 1.36 bits per heavy atom. The molecule has 0 spiro atoms. The number of aromatic nitrogens is 2. The second-order valence-corrected chi connectivity index (χ2v) is 6.31. The zero-order chi connectivity index (χ0) is 18.6. The molecular formula is C16H21N5O4. The monoisotopic (exact) mass is 347 g/mol. The zero-order valence-corrected chi connectivity index (χ0v) is 14.9. The lowest BCUT2D eigenvalue weighted by atomic mass is 10.2. The first-order valence-corrected chi connectivity index (χ1v) is 7.60. The van der Waals surface area contributed by atoms with Crippen LogP contribution in [0.3, 0.4) is 0 Å². The maximum atomic E-state index is 12.7. The Labute approximate surface area is 145 Å². The number of hydrogen-bond acceptors (Lipinski definition) is 6. The van der Waals surface area contributed by atoms with Crippen LogP contribution in [0.25, 0.3) is 21.3 Å². The number of fused-ring (bicyclic) bond motifs is 1. The molecule has 0 aliphatic carbocycles. The SMILES string of the molecule is COC(OC)c1cc2cnc(CN=[N+]=[N-])cc2n1C(=O)OC(C)(C)C. The fourth-order valence-corrected chi connectivity index (χ4v) is 2.38. The van der Waals surface area contributed by atoms with E-state index < -0.39 is 18.0 Å². The van der Waals surface area contributed by atoms with Crippen molar-refractivity contribution in [2.24, 2.45) is 5.11 Å². The van der Waals surface area contributed by atoms with Gasteiger partial charge in [0.25, 0.3) is 0 Å². The molecule has 2 aromatic rings. The molecule has 0 bridgehead atoms. The van der Waals surface area contributed by atoms with E-state index in [0.29, 0.717) is 22.3 Å². The Hall–Kier alpha value is -2.61. The summed E-state index contributed by atoms with van der Waals surface area (Å²) in [5.41, 5.74) is 9.39. The minimum atomic E-state index is -0.750. The number of pyridine rings is 1. The minimum absolute atomic E-state index is 0.0826. The number of rotatable bonds is 5. The molecule has 0 N–H and O–H groups in total. The Morgan fingerprint density at radius 2 is 2.04 bits per heavy atom. The van der Waals surface area contributed by atoms with Crippen LogP contribution in [0.1, 0.15) is 38.4 Å². The fraction of sp³-hybridized carbons (Fsp3) is 0.500. The van der Waals surface area contributed by atoms with E-state index >= 15 is 0 Å². The van der Waals surface area contributed by atoms with Crippen molar-refractivity contribution >= 4 is 17.0 Å². The van der Waals surface area contributed by atoms with Gasteiger partial charge in [0.1, 0.15) is 5.60 Å². The van der Waals surface area contributed by atoms with Gasteiger partial charge in [-0.2, -0.15) is 0 Å². The van der Waals surface area contributed by atoms with E-state index in [4.69, 9.17) is 19.7 Å². The summed E-state index contributed by atoms with van der Waals surface area (Å²) in [6.07, 6.45) is 0.294. The highest BCUT2D eigenvalue weighted by Crippen LogP contribution is 2.28. The van der Waals surface area contributed by atoms with Gasteiger partial charge in [0.2, 0.25) is 0 Å². The molecule has 2 rings (SSSR count). The average Bonchev–Trinajstić information content (AvgIpc) is 2.91. The van der Waals surface area contributed by atoms with Crippen LogP contribution in [0, 0.1) is 0 Å². The second-order valence-electron chi connectivity index (χ2n) is 6.31. The third kappa shape index (κ3) is 4.27. The van der Waals surface area contributed by atoms with Crippen LogP contribution in [0.4, 0.5) is 4.79 Å². The van der Waals surface area contributed by atoms with Crippen molar-refractivity contribution in [1.82, 2.24) is 9.55 Å². The highest BCUT2D eigenvalue weighted by molar-refractivity contribution is 5.90. The maximum absolute atomic E-state index is 12.7. The largest absolute Gasteiger partial charge is 0.443 e. The van der Waals surface area contributed by atoms with Crippen LogP contribution in [-0.2, 0) is 20.8 Å². The van der Waals surface area contributed by atoms with Gasteiger partial charge in [-0.05, 0) is 38.4 Å². The molecule has 9 heteroatoms. The molecule has 0 aliphatic heterocycles. The van der Waals surface area contributed by atoms with E-state index in [2.05, 4.69) is 15.0 Å². The van der Waals surface area contributed by atoms with E-state index in [1.807, 2.05) is 0 Å². The summed E-state index contributed by atoms with van der Waals surface area (Å²) < 4.78 is 17.5. The predicted molar refractivity (Wildman–Crippen MR) is 91.0 cm³/mol. The Bertz CT molecular complexity index is 814. The molecule has 0 unspecified atom stereocenters. The molecule has 9 nitrogen and oxygen atoms in total. The van der Waals surface area contributed by atoms with E-state index in [9.17, 15) is 4.79 Å². The smallest absolute Gasteiger partial charge is 0.419 e. The van der Waals surface area contributed by atoms with E-state index in [0.717, 1.165) is 0 Å². The fourth-order valence-electron chi connectivity index (χ4n) is 2.38. The molecule has 0 amide bonds. The topological polar surface area (TPSA) is 111 Å². The minimum Gasteiger partial charge on any atom is -0.443 e. The van der Waals surface area contributed by atoms with Gasteiger partial charge < -0.3 is 14.2 Å². The summed E-state index contributed by atoms with van der Waals surface area (Å²) in [7, 11) is 2.97. The van der Waals surface area contributed by atoms with Gasteiger partial charge in [0, 0.05) is 36.4 Å². The molecule has 0 aliphatic rings. The van der Waals surface area contributed by atoms with Crippen LogP contribution in [0.5, 0.6) is 0 Å². The highest BCUT2D eigenvalue weighted by atomic mass is 16.7. The third-order valence-corrected chi connectivity index (χ3v) is 3.31. The molecular weight excluding hydrogens is 326 g/mol. The first-order valence-electron chi connectivity index (χ1n) is 7.60. The predicted octanol–water partition coefficient (Wildman–Crippen LogP) is 3.92. The lowest BCUT2D eigenvalue weighted by Gasteiger charge is -2.22. The number of azide groups is 1. The second kappa shape index (κ2) is 7.52. The normalized spacial score (nSPS) is 11.6. The Kier molecular flexibility index (Phi) is 5.63. The highest BCUT2D eigenvalue weighted by Gasteiger charge is 2.26. The number of hydrogen-bond donors (Lipinski definition) is 0. The molecule has 0 fully saturated rings. The van der Waals surface area contributed by atoms with Crippen molar-refractivity contribution in [3.8, 4) is 0 Å². The zero-order valence-electron chi connectivity index (χ0n) is 14.9. The van der Waals surface area contributed by atoms with Crippen LogP contribution >= 0.6 is 0 Å². The van der Waals surface area contributed by atoms with Crippen molar-refractivity contribution in [3.05, 3.63) is 40.2 Å². The lowest BCUT2D eigenvalue weighted by molar-refractivity contribution is -0.110. The van der Waals surface area contributed by atoms with E-state index in [1.165, 1.54) is 18.8 Å². The Balaban J connectivity index is 2.63. The summed E-state index contributed by atoms with van der Waals surface area (Å²) in [4.78, 5) is 19.7. The van der Waals surface area contributed by atoms with Gasteiger partial charge >= 0.3 is 6.09 Å². The first kappa shape index (κ1) is 18.7. The molecule has 25 heavy (non-hydrogen) atoms. The van der Waals surface area contributed by atoms with Crippen molar-refractivity contribution < 1.29 is 19.0 Å². The number of methoxy groups -OCH3 is 2. The summed E-state index contributed by atoms with van der Waals surface area (Å²) in [6, 6.07) is 3.43. The standard InChI is InChI=1S/C16H21N5O4/c1-16(2,3)25-15(22)21-12-7-11(9-19-20-17)18-8-10(12)6-13(21)14(23-4)24-5/h6-8,14H,9H2,1-5H3. The number of carbonyl (C=O) groups is 1. The van der Waals surface area contributed by atoms with Gasteiger partial charge in [0.05, 0.1) is 17.8 Å². The molecule has 0 saturated heterocycles. The number of nitrogens with zero attached hydrogens (tertiary/aromatic N) is 5. The molecule has 134 valence electrons. The first-order chi connectivity index (χ1) is 11.8. The van der Waals surface area contributed by atoms with Crippen LogP contribution in [-0.4, -0.2) is 35.5 Å². The molecule has 0 atom stereocenters. The van der Waals surface area contributed by atoms with Gasteiger partial charge in [-0.15, -0.1) is 0 Å². The van der Waals surface area contributed by atoms with Crippen molar-refractivity contribution in [1.29, 1.82) is 0 Å². The van der Waals surface area contributed by atoms with Crippen LogP contribution in [0.2, 0.25) is 0 Å². The van der Waals surface area contributed by atoms with E-state index in [1.54, 1.807) is 39.1 Å². The molecule has 2 aromatic heterocycles. The summed E-state index contributed by atoms with van der Waals surface area (Å²) in [5, 5.41) is 4.21. The van der Waals surface area contributed by atoms with Crippen molar-refractivity contribution in [2.45, 2.75) is 39.2 Å². The van der Waals surface area contributed by atoms with Gasteiger partial charge in [-0.1, -0.05) is 5.11 Å².